The quantitative estimate of drug-likeness (QED) is 0.359. The molecule has 0 aromatic rings. The Labute approximate surface area is 152 Å². The van der Waals surface area contributed by atoms with Crippen LogP contribution >= 0.6 is 0 Å². The summed E-state index contributed by atoms with van der Waals surface area (Å²) in [5.74, 6) is -2.01. The summed E-state index contributed by atoms with van der Waals surface area (Å²) in [5, 5.41) is 10.7. The molecule has 0 bridgehead atoms. The molecule has 0 saturated carbocycles. The number of carbonyl (C=O) groups is 3. The van der Waals surface area contributed by atoms with Gasteiger partial charge in [0.25, 0.3) is 0 Å². The number of ether oxygens (including phenoxy) is 2. The van der Waals surface area contributed by atoms with E-state index in [1.807, 2.05) is 6.92 Å². The van der Waals surface area contributed by atoms with Gasteiger partial charge in [-0.2, -0.15) is 0 Å². The number of aliphatic hydroxyl groups excluding tert-OH is 1. The Bertz CT molecular complexity index is 712. The zero-order valence-corrected chi connectivity index (χ0v) is 15.2. The van der Waals surface area contributed by atoms with E-state index in [-0.39, 0.29) is 11.1 Å². The van der Waals surface area contributed by atoms with E-state index in [2.05, 4.69) is 6.58 Å². The van der Waals surface area contributed by atoms with Gasteiger partial charge in [0.15, 0.2) is 0 Å². The highest BCUT2D eigenvalue weighted by Crippen LogP contribution is 2.36. The maximum Gasteiger partial charge on any atom is 0.334 e. The minimum absolute atomic E-state index is 0.111. The number of aldehydes is 1. The first-order chi connectivity index (χ1) is 12.3. The molecule has 6 heteroatoms. The molecule has 1 N–H and O–H groups in total. The fraction of sp³-hybridized carbons (Fsp3) is 0.450. The van der Waals surface area contributed by atoms with Crippen molar-refractivity contribution in [1.82, 2.24) is 0 Å². The van der Waals surface area contributed by atoms with Crippen LogP contribution in [-0.2, 0) is 23.9 Å². The third kappa shape index (κ3) is 4.02. The molecule has 2 aliphatic rings. The molecule has 0 spiro atoms. The second kappa shape index (κ2) is 8.27. The van der Waals surface area contributed by atoms with E-state index in [4.69, 9.17) is 9.47 Å². The van der Waals surface area contributed by atoms with Gasteiger partial charge in [0.2, 0.25) is 0 Å². The summed E-state index contributed by atoms with van der Waals surface area (Å²) in [6.07, 6.45) is 3.47. The van der Waals surface area contributed by atoms with E-state index in [1.54, 1.807) is 32.1 Å². The van der Waals surface area contributed by atoms with Crippen molar-refractivity contribution in [2.45, 2.75) is 51.9 Å². The van der Waals surface area contributed by atoms with Crippen LogP contribution in [0.5, 0.6) is 0 Å². The fourth-order valence-electron chi connectivity index (χ4n) is 3.06. The third-order valence-corrected chi connectivity index (χ3v) is 4.77. The molecule has 140 valence electrons. The van der Waals surface area contributed by atoms with Crippen LogP contribution in [0.2, 0.25) is 0 Å². The molecular weight excluding hydrogens is 336 g/mol. The van der Waals surface area contributed by atoms with E-state index in [0.717, 1.165) is 5.57 Å². The van der Waals surface area contributed by atoms with E-state index in [0.29, 0.717) is 24.7 Å². The van der Waals surface area contributed by atoms with Crippen molar-refractivity contribution in [1.29, 1.82) is 0 Å². The van der Waals surface area contributed by atoms with Crippen LogP contribution in [0.1, 0.15) is 33.6 Å². The Morgan fingerprint density at radius 2 is 2.15 bits per heavy atom. The molecule has 26 heavy (non-hydrogen) atoms. The molecule has 1 aliphatic carbocycles. The summed E-state index contributed by atoms with van der Waals surface area (Å²) in [6.45, 7) is 8.91. The molecule has 0 unspecified atom stereocenters. The SMILES string of the molecule is C=C1C(=O)O[C@@H]2C=C(C)CCC=C(C=O)[C@@H](O)[C@@H](OC(=O)/C(C)=C\C)[C@@H]12. The van der Waals surface area contributed by atoms with E-state index >= 15 is 0 Å². The number of fused-ring (bicyclic) bond motifs is 1. The number of esters is 2. The monoisotopic (exact) mass is 360 g/mol. The second-order valence-electron chi connectivity index (χ2n) is 6.58. The third-order valence-electron chi connectivity index (χ3n) is 4.77. The van der Waals surface area contributed by atoms with Crippen LogP contribution in [-0.4, -0.2) is 41.6 Å². The summed E-state index contributed by atoms with van der Waals surface area (Å²) in [5.41, 5.74) is 1.54. The smallest absolute Gasteiger partial charge is 0.334 e. The normalized spacial score (nSPS) is 29.9. The topological polar surface area (TPSA) is 89.9 Å². The van der Waals surface area contributed by atoms with Gasteiger partial charge >= 0.3 is 11.9 Å². The van der Waals surface area contributed by atoms with Crippen LogP contribution in [0.3, 0.4) is 0 Å². The van der Waals surface area contributed by atoms with Gasteiger partial charge in [-0.05, 0) is 39.7 Å². The number of hydrogen-bond acceptors (Lipinski definition) is 6. The fourth-order valence-corrected chi connectivity index (χ4v) is 3.06. The lowest BCUT2D eigenvalue weighted by molar-refractivity contribution is -0.153. The second-order valence-corrected chi connectivity index (χ2v) is 6.58. The predicted octanol–water partition coefficient (Wildman–Crippen LogP) is 2.19. The zero-order chi connectivity index (χ0) is 19.4. The highest BCUT2D eigenvalue weighted by Gasteiger charge is 2.47. The summed E-state index contributed by atoms with van der Waals surface area (Å²) >= 11 is 0. The standard InChI is InChI=1S/C20H24O6/c1-5-12(3)19(23)26-18-16-13(4)20(24)25-15(16)9-11(2)7-6-8-14(10-21)17(18)22/h5,8-10,15-18,22H,4,6-7H2,1-3H3/b11-9?,12-5-,14-8?/t15-,16+,17-,18+/m1/s1. The maximum absolute atomic E-state index is 12.3. The largest absolute Gasteiger partial charge is 0.455 e. The minimum Gasteiger partial charge on any atom is -0.455 e. The van der Waals surface area contributed by atoms with E-state index in [1.165, 1.54) is 0 Å². The van der Waals surface area contributed by atoms with Crippen molar-refractivity contribution < 1.29 is 29.0 Å². The average Bonchev–Trinajstić information content (AvgIpc) is 2.88. The van der Waals surface area contributed by atoms with Gasteiger partial charge in [-0.3, -0.25) is 4.79 Å². The van der Waals surface area contributed by atoms with Crippen molar-refractivity contribution >= 4 is 18.2 Å². The predicted molar refractivity (Wildman–Crippen MR) is 95.0 cm³/mol. The lowest BCUT2D eigenvalue weighted by Crippen LogP contribution is -2.43. The average molecular weight is 360 g/mol. The molecule has 0 radical (unpaired) electrons. The van der Waals surface area contributed by atoms with Crippen molar-refractivity contribution in [2.75, 3.05) is 0 Å². The summed E-state index contributed by atoms with van der Waals surface area (Å²) in [7, 11) is 0. The van der Waals surface area contributed by atoms with Gasteiger partial charge < -0.3 is 14.6 Å². The van der Waals surface area contributed by atoms with Gasteiger partial charge in [-0.25, -0.2) is 9.59 Å². The molecular formula is C20H24O6. The molecule has 2 rings (SSSR count). The number of rotatable bonds is 3. The molecule has 0 aromatic carbocycles. The van der Waals surface area contributed by atoms with Crippen molar-refractivity contribution in [3.63, 3.8) is 0 Å². The van der Waals surface area contributed by atoms with Gasteiger partial charge in [-0.1, -0.05) is 24.3 Å². The number of aliphatic hydroxyl groups is 1. The molecule has 1 heterocycles. The van der Waals surface area contributed by atoms with Gasteiger partial charge in [0.05, 0.1) is 5.92 Å². The summed E-state index contributed by atoms with van der Waals surface area (Å²) < 4.78 is 10.9. The Hall–Kier alpha value is -2.47. The van der Waals surface area contributed by atoms with Crippen molar-refractivity contribution in [3.05, 3.63) is 47.1 Å². The number of hydrogen-bond donors (Lipinski definition) is 1. The molecule has 1 saturated heterocycles. The van der Waals surface area contributed by atoms with Crippen LogP contribution in [0.25, 0.3) is 0 Å². The number of allylic oxidation sites excluding steroid dienone is 3. The molecule has 6 nitrogen and oxygen atoms in total. The van der Waals surface area contributed by atoms with Gasteiger partial charge in [0.1, 0.15) is 24.6 Å². The molecule has 0 aromatic heterocycles. The maximum atomic E-state index is 12.3. The van der Waals surface area contributed by atoms with Crippen LogP contribution in [0, 0.1) is 5.92 Å². The first-order valence-electron chi connectivity index (χ1n) is 8.54. The lowest BCUT2D eigenvalue weighted by atomic mass is 9.84. The minimum atomic E-state index is -1.38. The van der Waals surface area contributed by atoms with Crippen molar-refractivity contribution in [2.24, 2.45) is 5.92 Å². The van der Waals surface area contributed by atoms with Crippen molar-refractivity contribution in [3.8, 4) is 0 Å². The highest BCUT2D eigenvalue weighted by atomic mass is 16.6. The van der Waals surface area contributed by atoms with E-state index < -0.39 is 36.2 Å². The Kier molecular flexibility index (Phi) is 6.32. The van der Waals surface area contributed by atoms with Crippen LogP contribution in [0.15, 0.2) is 47.1 Å². The Balaban J connectivity index is 2.52. The summed E-state index contributed by atoms with van der Waals surface area (Å²) in [6, 6.07) is 0. The highest BCUT2D eigenvalue weighted by molar-refractivity contribution is 5.92. The van der Waals surface area contributed by atoms with Gasteiger partial charge in [-0.15, -0.1) is 0 Å². The van der Waals surface area contributed by atoms with Crippen LogP contribution in [0.4, 0.5) is 0 Å². The molecule has 1 aliphatic heterocycles. The van der Waals surface area contributed by atoms with Crippen LogP contribution < -0.4 is 0 Å². The first-order valence-corrected chi connectivity index (χ1v) is 8.54. The lowest BCUT2D eigenvalue weighted by Gasteiger charge is -2.30. The Morgan fingerprint density at radius 1 is 1.46 bits per heavy atom. The first kappa shape index (κ1) is 19.8. The van der Waals surface area contributed by atoms with E-state index in [9.17, 15) is 19.5 Å². The summed E-state index contributed by atoms with van der Waals surface area (Å²) in [4.78, 5) is 35.8. The Morgan fingerprint density at radius 3 is 2.77 bits per heavy atom. The number of carbonyl (C=O) groups excluding carboxylic acids is 3. The van der Waals surface area contributed by atoms with Gasteiger partial charge in [0, 0.05) is 16.7 Å². The zero-order valence-electron chi connectivity index (χ0n) is 15.2. The molecule has 1 fully saturated rings. The molecule has 4 atom stereocenters. The molecule has 0 amide bonds.